The Hall–Kier alpha value is -2.35. The molecule has 3 amide bonds. The standard InChI is InChI=1S/C16H25N5O3/c1-20(2)8-3-4-14(22)21-9-7-11(10-21)18-16(24)13-6-5-12(19-13)15(17)23/h5-6,11,19H,3-4,7-10H2,1-2H3,(H2,17,23)(H,18,24)/t11-/m0/s1. The van der Waals surface area contributed by atoms with Crippen LogP contribution in [0.4, 0.5) is 0 Å². The summed E-state index contributed by atoms with van der Waals surface area (Å²) >= 11 is 0. The average Bonchev–Trinajstić information content (AvgIpc) is 3.15. The number of aromatic nitrogens is 1. The van der Waals surface area contributed by atoms with Gasteiger partial charge < -0.3 is 25.8 Å². The van der Waals surface area contributed by atoms with Crippen LogP contribution < -0.4 is 11.1 Å². The Bertz CT molecular complexity index is 611. The first-order chi connectivity index (χ1) is 11.4. The van der Waals surface area contributed by atoms with Gasteiger partial charge in [-0.3, -0.25) is 14.4 Å². The molecule has 4 N–H and O–H groups in total. The van der Waals surface area contributed by atoms with Crippen LogP contribution in [-0.4, -0.2) is 72.3 Å². The predicted molar refractivity (Wildman–Crippen MR) is 89.5 cm³/mol. The molecule has 2 heterocycles. The molecule has 1 atom stereocenters. The van der Waals surface area contributed by atoms with Crippen molar-refractivity contribution in [3.63, 3.8) is 0 Å². The minimum Gasteiger partial charge on any atom is -0.364 e. The van der Waals surface area contributed by atoms with E-state index in [1.807, 2.05) is 14.1 Å². The van der Waals surface area contributed by atoms with Crippen LogP contribution in [0.5, 0.6) is 0 Å². The van der Waals surface area contributed by atoms with Gasteiger partial charge in [-0.15, -0.1) is 0 Å². The first kappa shape index (κ1) is 18.0. The third-order valence-corrected chi connectivity index (χ3v) is 4.07. The molecule has 8 nitrogen and oxygen atoms in total. The average molecular weight is 335 g/mol. The molecular weight excluding hydrogens is 310 g/mol. The van der Waals surface area contributed by atoms with E-state index in [9.17, 15) is 14.4 Å². The van der Waals surface area contributed by atoms with E-state index in [0.717, 1.165) is 19.4 Å². The summed E-state index contributed by atoms with van der Waals surface area (Å²) in [4.78, 5) is 41.9. The second-order valence-corrected chi connectivity index (χ2v) is 6.36. The number of likely N-dealkylation sites (tertiary alicyclic amines) is 1. The number of nitrogens with two attached hydrogens (primary N) is 1. The number of carbonyl (C=O) groups is 3. The van der Waals surface area contributed by atoms with Gasteiger partial charge in [0.05, 0.1) is 0 Å². The lowest BCUT2D eigenvalue weighted by molar-refractivity contribution is -0.130. The van der Waals surface area contributed by atoms with Crippen molar-refractivity contribution >= 4 is 17.7 Å². The summed E-state index contributed by atoms with van der Waals surface area (Å²) in [6.45, 7) is 2.06. The first-order valence-electron chi connectivity index (χ1n) is 8.09. The molecule has 132 valence electrons. The van der Waals surface area contributed by atoms with Crippen LogP contribution in [0, 0.1) is 0 Å². The van der Waals surface area contributed by atoms with E-state index >= 15 is 0 Å². The first-order valence-corrected chi connectivity index (χ1v) is 8.09. The highest BCUT2D eigenvalue weighted by atomic mass is 16.2. The van der Waals surface area contributed by atoms with Crippen molar-refractivity contribution in [3.8, 4) is 0 Å². The van der Waals surface area contributed by atoms with E-state index in [1.54, 1.807) is 4.90 Å². The smallest absolute Gasteiger partial charge is 0.267 e. The van der Waals surface area contributed by atoms with Crippen molar-refractivity contribution in [1.82, 2.24) is 20.1 Å². The van der Waals surface area contributed by atoms with Crippen molar-refractivity contribution in [2.24, 2.45) is 5.73 Å². The molecular formula is C16H25N5O3. The molecule has 0 aliphatic carbocycles. The third kappa shape index (κ3) is 4.82. The van der Waals surface area contributed by atoms with Gasteiger partial charge in [-0.25, -0.2) is 0 Å². The number of rotatable bonds is 7. The van der Waals surface area contributed by atoms with Gasteiger partial charge >= 0.3 is 0 Å². The van der Waals surface area contributed by atoms with Crippen molar-refractivity contribution < 1.29 is 14.4 Å². The lowest BCUT2D eigenvalue weighted by Crippen LogP contribution is -2.38. The Labute approximate surface area is 141 Å². The van der Waals surface area contributed by atoms with Crippen molar-refractivity contribution in [1.29, 1.82) is 0 Å². The maximum Gasteiger partial charge on any atom is 0.267 e. The number of carbonyl (C=O) groups excluding carboxylic acids is 3. The zero-order valence-electron chi connectivity index (χ0n) is 14.2. The number of H-pyrrole nitrogens is 1. The van der Waals surface area contributed by atoms with Crippen LogP contribution in [0.15, 0.2) is 12.1 Å². The Morgan fingerprint density at radius 1 is 1.33 bits per heavy atom. The van der Waals surface area contributed by atoms with E-state index in [2.05, 4.69) is 15.2 Å². The maximum absolute atomic E-state index is 12.2. The predicted octanol–water partition coefficient (Wildman–Crippen LogP) is -0.214. The molecule has 1 aromatic rings. The number of hydrogen-bond donors (Lipinski definition) is 3. The summed E-state index contributed by atoms with van der Waals surface area (Å²) in [5, 5.41) is 2.88. The Balaban J connectivity index is 1.79. The summed E-state index contributed by atoms with van der Waals surface area (Å²) < 4.78 is 0. The van der Waals surface area contributed by atoms with Crippen LogP contribution in [0.1, 0.15) is 40.2 Å². The fraction of sp³-hybridized carbons (Fsp3) is 0.562. The van der Waals surface area contributed by atoms with E-state index in [0.29, 0.717) is 25.2 Å². The molecule has 0 saturated carbocycles. The summed E-state index contributed by atoms with van der Waals surface area (Å²) in [6, 6.07) is 2.93. The van der Waals surface area contributed by atoms with Gasteiger partial charge in [0.1, 0.15) is 11.4 Å². The Morgan fingerprint density at radius 3 is 2.67 bits per heavy atom. The van der Waals surface area contributed by atoms with Gasteiger partial charge in [0.15, 0.2) is 0 Å². The fourth-order valence-corrected chi connectivity index (χ4v) is 2.74. The molecule has 0 spiro atoms. The summed E-state index contributed by atoms with van der Waals surface area (Å²) in [5.74, 6) is -0.775. The van der Waals surface area contributed by atoms with Gasteiger partial charge in [-0.1, -0.05) is 0 Å². The Kier molecular flexibility index (Phi) is 5.97. The number of aromatic amines is 1. The number of primary amides is 1. The molecule has 1 saturated heterocycles. The van der Waals surface area contributed by atoms with Gasteiger partial charge in [0, 0.05) is 25.6 Å². The second kappa shape index (κ2) is 7.96. The highest BCUT2D eigenvalue weighted by Crippen LogP contribution is 2.12. The number of amides is 3. The molecule has 0 bridgehead atoms. The highest BCUT2D eigenvalue weighted by Gasteiger charge is 2.27. The maximum atomic E-state index is 12.2. The van der Waals surface area contributed by atoms with E-state index in [1.165, 1.54) is 12.1 Å². The molecule has 1 aliphatic heterocycles. The number of nitrogens with one attached hydrogen (secondary N) is 2. The van der Waals surface area contributed by atoms with Crippen LogP contribution in [-0.2, 0) is 4.79 Å². The Morgan fingerprint density at radius 2 is 2.04 bits per heavy atom. The lowest BCUT2D eigenvalue weighted by Gasteiger charge is -2.17. The quantitative estimate of drug-likeness (QED) is 0.640. The molecule has 0 aromatic carbocycles. The zero-order valence-corrected chi connectivity index (χ0v) is 14.2. The van der Waals surface area contributed by atoms with Crippen LogP contribution in [0.25, 0.3) is 0 Å². The molecule has 24 heavy (non-hydrogen) atoms. The minimum atomic E-state index is -0.607. The fourth-order valence-electron chi connectivity index (χ4n) is 2.74. The van der Waals surface area contributed by atoms with Crippen LogP contribution in [0.2, 0.25) is 0 Å². The van der Waals surface area contributed by atoms with Gasteiger partial charge in [0.2, 0.25) is 5.91 Å². The summed E-state index contributed by atoms with van der Waals surface area (Å²) in [6.07, 6.45) is 2.09. The minimum absolute atomic E-state index is 0.0735. The third-order valence-electron chi connectivity index (χ3n) is 4.07. The van der Waals surface area contributed by atoms with Crippen molar-refractivity contribution in [3.05, 3.63) is 23.5 Å². The van der Waals surface area contributed by atoms with E-state index < -0.39 is 5.91 Å². The largest absolute Gasteiger partial charge is 0.364 e. The topological polar surface area (TPSA) is 112 Å². The lowest BCUT2D eigenvalue weighted by atomic mass is 10.2. The number of hydrogen-bond acceptors (Lipinski definition) is 4. The van der Waals surface area contributed by atoms with E-state index in [-0.39, 0.29) is 23.6 Å². The van der Waals surface area contributed by atoms with Crippen LogP contribution >= 0.6 is 0 Å². The van der Waals surface area contributed by atoms with Gasteiger partial charge in [-0.05, 0) is 45.6 Å². The van der Waals surface area contributed by atoms with Gasteiger partial charge in [-0.2, -0.15) is 0 Å². The highest BCUT2D eigenvalue weighted by molar-refractivity contribution is 5.96. The van der Waals surface area contributed by atoms with Crippen molar-refractivity contribution in [2.75, 3.05) is 33.7 Å². The molecule has 1 fully saturated rings. The molecule has 2 rings (SSSR count). The molecule has 1 aliphatic rings. The normalized spacial score (nSPS) is 17.3. The van der Waals surface area contributed by atoms with Crippen LogP contribution in [0.3, 0.4) is 0 Å². The molecule has 8 heteroatoms. The number of nitrogens with zero attached hydrogens (tertiary/aromatic N) is 2. The molecule has 0 radical (unpaired) electrons. The summed E-state index contributed by atoms with van der Waals surface area (Å²) in [7, 11) is 3.96. The van der Waals surface area contributed by atoms with Gasteiger partial charge in [0.25, 0.3) is 11.8 Å². The second-order valence-electron chi connectivity index (χ2n) is 6.36. The molecule has 0 unspecified atom stereocenters. The monoisotopic (exact) mass is 335 g/mol. The van der Waals surface area contributed by atoms with E-state index in [4.69, 9.17) is 5.73 Å². The van der Waals surface area contributed by atoms with Crippen molar-refractivity contribution in [2.45, 2.75) is 25.3 Å². The SMILES string of the molecule is CN(C)CCCC(=O)N1CC[C@H](NC(=O)c2ccc(C(N)=O)[nH]2)C1. The summed E-state index contributed by atoms with van der Waals surface area (Å²) in [5.41, 5.74) is 5.64. The zero-order chi connectivity index (χ0) is 17.7. The molecule has 1 aromatic heterocycles.